The molecular weight excluding hydrogens is 306 g/mol. The second-order valence-electron chi connectivity index (χ2n) is 5.29. The summed E-state index contributed by atoms with van der Waals surface area (Å²) in [6.45, 7) is 3.75. The number of carbonyl (C=O) groups is 1. The maximum atomic E-state index is 12.2. The summed E-state index contributed by atoms with van der Waals surface area (Å²) in [5, 5.41) is 13.7. The summed E-state index contributed by atoms with van der Waals surface area (Å²) in [4.78, 5) is 12.2. The molecule has 1 aromatic heterocycles. The standard InChI is InChI=1S/C19H17NO4/c1-3-23-19(21)18-16-10-5-4-9-15(16)17(24-18)14-8-6-7-13(11-14)12(2)20-22/h4-11,22H,3H2,1-2H3/b20-12+. The van der Waals surface area contributed by atoms with E-state index in [-0.39, 0.29) is 12.4 Å². The molecule has 5 heteroatoms. The Balaban J connectivity index is 2.19. The molecule has 2 aromatic carbocycles. The quantitative estimate of drug-likeness (QED) is 0.333. The van der Waals surface area contributed by atoms with Crippen molar-refractivity contribution in [3.8, 4) is 11.3 Å². The number of fused-ring (bicyclic) bond motifs is 1. The Labute approximate surface area is 139 Å². The first kappa shape index (κ1) is 15.8. The lowest BCUT2D eigenvalue weighted by Gasteiger charge is -2.03. The van der Waals surface area contributed by atoms with Crippen molar-refractivity contribution in [1.29, 1.82) is 0 Å². The van der Waals surface area contributed by atoms with Crippen LogP contribution in [0.15, 0.2) is 58.1 Å². The lowest BCUT2D eigenvalue weighted by molar-refractivity contribution is 0.0494. The molecule has 0 spiro atoms. The number of ether oxygens (including phenoxy) is 1. The van der Waals surface area contributed by atoms with E-state index in [0.29, 0.717) is 16.9 Å². The van der Waals surface area contributed by atoms with Crippen molar-refractivity contribution in [3.05, 3.63) is 59.9 Å². The van der Waals surface area contributed by atoms with E-state index in [2.05, 4.69) is 5.16 Å². The molecule has 0 aliphatic rings. The molecule has 0 fully saturated rings. The molecule has 122 valence electrons. The van der Waals surface area contributed by atoms with Crippen LogP contribution in [0.5, 0.6) is 0 Å². The van der Waals surface area contributed by atoms with Gasteiger partial charge in [0, 0.05) is 16.3 Å². The number of hydrogen-bond donors (Lipinski definition) is 1. The fourth-order valence-corrected chi connectivity index (χ4v) is 2.60. The molecule has 0 radical (unpaired) electrons. The number of nitrogens with zero attached hydrogens (tertiary/aromatic N) is 1. The Kier molecular flexibility index (Phi) is 4.33. The second kappa shape index (κ2) is 6.58. The van der Waals surface area contributed by atoms with Gasteiger partial charge in [-0.2, -0.15) is 0 Å². The van der Waals surface area contributed by atoms with Gasteiger partial charge in [0.15, 0.2) is 0 Å². The summed E-state index contributed by atoms with van der Waals surface area (Å²) in [5.41, 5.74) is 2.06. The van der Waals surface area contributed by atoms with Crippen LogP contribution in [-0.4, -0.2) is 23.5 Å². The molecule has 3 rings (SSSR count). The van der Waals surface area contributed by atoms with Gasteiger partial charge in [0.25, 0.3) is 0 Å². The molecule has 0 saturated carbocycles. The molecule has 0 aliphatic carbocycles. The highest BCUT2D eigenvalue weighted by Gasteiger charge is 2.21. The molecule has 0 amide bonds. The average Bonchev–Trinajstić information content (AvgIpc) is 3.01. The lowest BCUT2D eigenvalue weighted by atomic mass is 10.0. The van der Waals surface area contributed by atoms with Gasteiger partial charge in [-0.15, -0.1) is 0 Å². The number of furan rings is 1. The first-order valence-corrected chi connectivity index (χ1v) is 7.63. The average molecular weight is 323 g/mol. The van der Waals surface area contributed by atoms with Crippen LogP contribution in [0.1, 0.15) is 30.0 Å². The van der Waals surface area contributed by atoms with Gasteiger partial charge in [-0.1, -0.05) is 47.6 Å². The smallest absolute Gasteiger partial charge is 0.374 e. The van der Waals surface area contributed by atoms with Gasteiger partial charge < -0.3 is 14.4 Å². The van der Waals surface area contributed by atoms with Crippen molar-refractivity contribution in [2.75, 3.05) is 6.61 Å². The van der Waals surface area contributed by atoms with Gasteiger partial charge in [0.05, 0.1) is 12.3 Å². The zero-order valence-corrected chi connectivity index (χ0v) is 13.4. The Morgan fingerprint density at radius 3 is 2.62 bits per heavy atom. The Morgan fingerprint density at radius 2 is 1.92 bits per heavy atom. The van der Waals surface area contributed by atoms with Crippen LogP contribution in [-0.2, 0) is 4.74 Å². The normalized spacial score (nSPS) is 11.7. The van der Waals surface area contributed by atoms with E-state index in [9.17, 15) is 4.79 Å². The molecule has 24 heavy (non-hydrogen) atoms. The number of benzene rings is 2. The van der Waals surface area contributed by atoms with Crippen LogP contribution in [0.25, 0.3) is 22.1 Å². The molecule has 1 heterocycles. The minimum Gasteiger partial charge on any atom is -0.460 e. The topological polar surface area (TPSA) is 72.0 Å². The Bertz CT molecular complexity index is 924. The molecule has 5 nitrogen and oxygen atoms in total. The molecular formula is C19H17NO4. The van der Waals surface area contributed by atoms with Crippen LogP contribution in [0, 0.1) is 0 Å². The third kappa shape index (κ3) is 2.76. The Hall–Kier alpha value is -3.08. The number of hydrogen-bond acceptors (Lipinski definition) is 5. The summed E-state index contributed by atoms with van der Waals surface area (Å²) in [6.07, 6.45) is 0. The third-order valence-corrected chi connectivity index (χ3v) is 3.77. The highest BCUT2D eigenvalue weighted by atomic mass is 16.5. The van der Waals surface area contributed by atoms with E-state index >= 15 is 0 Å². The molecule has 0 aliphatic heterocycles. The highest BCUT2D eigenvalue weighted by molar-refractivity contribution is 6.07. The monoisotopic (exact) mass is 323 g/mol. The van der Waals surface area contributed by atoms with Crippen molar-refractivity contribution < 1.29 is 19.2 Å². The Morgan fingerprint density at radius 1 is 1.17 bits per heavy atom. The molecule has 0 unspecified atom stereocenters. The van der Waals surface area contributed by atoms with Gasteiger partial charge in [-0.05, 0) is 25.5 Å². The molecule has 3 aromatic rings. The van der Waals surface area contributed by atoms with E-state index < -0.39 is 5.97 Å². The maximum absolute atomic E-state index is 12.2. The van der Waals surface area contributed by atoms with Gasteiger partial charge in [0.2, 0.25) is 5.76 Å². The van der Waals surface area contributed by atoms with E-state index in [1.54, 1.807) is 13.8 Å². The van der Waals surface area contributed by atoms with Gasteiger partial charge in [0.1, 0.15) is 5.76 Å². The van der Waals surface area contributed by atoms with Gasteiger partial charge >= 0.3 is 5.97 Å². The zero-order chi connectivity index (χ0) is 17.1. The predicted octanol–water partition coefficient (Wildman–Crippen LogP) is 4.47. The summed E-state index contributed by atoms with van der Waals surface area (Å²) in [7, 11) is 0. The zero-order valence-electron chi connectivity index (χ0n) is 13.4. The van der Waals surface area contributed by atoms with Gasteiger partial charge in [-0.3, -0.25) is 0 Å². The summed E-state index contributed by atoms with van der Waals surface area (Å²) >= 11 is 0. The summed E-state index contributed by atoms with van der Waals surface area (Å²) < 4.78 is 10.9. The number of carbonyl (C=O) groups excluding carboxylic acids is 1. The van der Waals surface area contributed by atoms with E-state index in [1.165, 1.54) is 0 Å². The minimum atomic E-state index is -0.482. The van der Waals surface area contributed by atoms with Crippen LogP contribution in [0.4, 0.5) is 0 Å². The maximum Gasteiger partial charge on any atom is 0.374 e. The largest absolute Gasteiger partial charge is 0.460 e. The molecule has 0 bridgehead atoms. The van der Waals surface area contributed by atoms with Crippen LogP contribution in [0.3, 0.4) is 0 Å². The summed E-state index contributed by atoms with van der Waals surface area (Å²) in [6, 6.07) is 14.9. The predicted molar refractivity (Wildman–Crippen MR) is 91.6 cm³/mol. The van der Waals surface area contributed by atoms with E-state index in [4.69, 9.17) is 14.4 Å². The SMILES string of the molecule is CCOC(=O)c1oc(-c2cccc(/C(C)=N/O)c2)c2ccccc12. The van der Waals surface area contributed by atoms with Crippen molar-refractivity contribution in [2.24, 2.45) is 5.16 Å². The molecule has 0 saturated heterocycles. The van der Waals surface area contributed by atoms with Crippen molar-refractivity contribution in [1.82, 2.24) is 0 Å². The lowest BCUT2D eigenvalue weighted by Crippen LogP contribution is -2.03. The minimum absolute atomic E-state index is 0.195. The highest BCUT2D eigenvalue weighted by Crippen LogP contribution is 2.34. The summed E-state index contributed by atoms with van der Waals surface area (Å²) in [5.74, 6) is 0.297. The van der Waals surface area contributed by atoms with Crippen molar-refractivity contribution in [2.45, 2.75) is 13.8 Å². The molecule has 0 atom stereocenters. The molecule has 1 N–H and O–H groups in total. The van der Waals surface area contributed by atoms with Crippen LogP contribution in [0.2, 0.25) is 0 Å². The fourth-order valence-electron chi connectivity index (χ4n) is 2.60. The number of esters is 1. The number of rotatable bonds is 4. The third-order valence-electron chi connectivity index (χ3n) is 3.77. The van der Waals surface area contributed by atoms with Crippen molar-refractivity contribution in [3.63, 3.8) is 0 Å². The first-order chi connectivity index (χ1) is 11.7. The van der Waals surface area contributed by atoms with Crippen molar-refractivity contribution >= 4 is 22.5 Å². The first-order valence-electron chi connectivity index (χ1n) is 7.63. The van der Waals surface area contributed by atoms with E-state index in [0.717, 1.165) is 16.5 Å². The van der Waals surface area contributed by atoms with E-state index in [1.807, 2.05) is 48.5 Å². The van der Waals surface area contributed by atoms with Crippen LogP contribution < -0.4 is 0 Å². The van der Waals surface area contributed by atoms with Crippen LogP contribution >= 0.6 is 0 Å². The second-order valence-corrected chi connectivity index (χ2v) is 5.29. The van der Waals surface area contributed by atoms with Gasteiger partial charge in [-0.25, -0.2) is 4.79 Å². The number of oxime groups is 1. The fraction of sp³-hybridized carbons (Fsp3) is 0.158.